The number of benzene rings is 1. The number of ether oxygens (including phenoxy) is 2. The smallest absolute Gasteiger partial charge is 0.548 e. The van der Waals surface area contributed by atoms with E-state index in [0.717, 1.165) is 0 Å². The maximum atomic E-state index is 12.7. The van der Waals surface area contributed by atoms with Crippen LogP contribution in [0.2, 0.25) is 0 Å². The van der Waals surface area contributed by atoms with Crippen molar-refractivity contribution in [2.24, 2.45) is 0 Å². The first kappa shape index (κ1) is 21.9. The van der Waals surface area contributed by atoms with E-state index in [1.54, 1.807) is 32.0 Å². The van der Waals surface area contributed by atoms with Crippen LogP contribution in [-0.2, 0) is 9.59 Å². The standard InChI is InChI=1S/C17H20N2O6S.Na/c1-17(2)12(16(22)23)19-14(21)11(15(19)26-17)18-13(20)10-8(24-3)6-5-7-9(10)25-4;/h5-7,11-12,15H,1-4H3,(H,18,20)(H,22,23);/q;+1/p-1/t11-,12-,15+;/m0./s1. The van der Waals surface area contributed by atoms with Crippen molar-refractivity contribution in [3.63, 3.8) is 0 Å². The summed E-state index contributed by atoms with van der Waals surface area (Å²) in [5.41, 5.74) is 0.183. The second-order valence-electron chi connectivity index (χ2n) is 6.57. The number of rotatable bonds is 5. The summed E-state index contributed by atoms with van der Waals surface area (Å²) in [6, 6.07) is 3.08. The van der Waals surface area contributed by atoms with E-state index in [9.17, 15) is 19.5 Å². The summed E-state index contributed by atoms with van der Waals surface area (Å²) >= 11 is 1.33. The number of aliphatic carboxylic acids is 1. The quantitative estimate of drug-likeness (QED) is 0.404. The molecule has 1 aromatic carbocycles. The first-order valence-corrected chi connectivity index (χ1v) is 8.83. The van der Waals surface area contributed by atoms with E-state index >= 15 is 0 Å². The molecule has 3 rings (SSSR count). The number of amides is 2. The summed E-state index contributed by atoms with van der Waals surface area (Å²) in [7, 11) is 2.86. The number of nitrogens with one attached hydrogen (secondary N) is 1. The summed E-state index contributed by atoms with van der Waals surface area (Å²) in [5.74, 6) is -1.62. The molecular weight excluding hydrogens is 383 g/mol. The van der Waals surface area contributed by atoms with Gasteiger partial charge < -0.3 is 29.6 Å². The van der Waals surface area contributed by atoms with Crippen LogP contribution >= 0.6 is 11.8 Å². The summed E-state index contributed by atoms with van der Waals surface area (Å²) in [4.78, 5) is 37.9. The van der Waals surface area contributed by atoms with Crippen LogP contribution in [0.1, 0.15) is 24.2 Å². The van der Waals surface area contributed by atoms with Crippen LogP contribution in [0.3, 0.4) is 0 Å². The molecule has 0 aromatic heterocycles. The molecule has 2 fully saturated rings. The van der Waals surface area contributed by atoms with Gasteiger partial charge in [-0.2, -0.15) is 0 Å². The molecule has 2 saturated heterocycles. The molecule has 0 unspecified atom stereocenters. The van der Waals surface area contributed by atoms with Crippen molar-refractivity contribution >= 4 is 29.5 Å². The predicted octanol–water partition coefficient (Wildman–Crippen LogP) is -3.38. The van der Waals surface area contributed by atoms with Crippen molar-refractivity contribution in [3.8, 4) is 11.5 Å². The van der Waals surface area contributed by atoms with Crippen LogP contribution in [-0.4, -0.2) is 59.1 Å². The average molecular weight is 402 g/mol. The van der Waals surface area contributed by atoms with Gasteiger partial charge in [-0.15, -0.1) is 11.8 Å². The number of nitrogens with zero attached hydrogens (tertiary/aromatic N) is 1. The third-order valence-corrected chi connectivity index (χ3v) is 6.18. The average Bonchev–Trinajstić information content (AvgIpc) is 2.86. The Morgan fingerprint density at radius 3 is 2.26 bits per heavy atom. The number of thioether (sulfide) groups is 1. The SMILES string of the molecule is COc1cccc(OC)c1C(=O)N[C@H]1C(=O)N2[C@@H]1SC(C)(C)[C@@H]2C(=O)[O-].[Na+]. The van der Waals surface area contributed by atoms with Gasteiger partial charge in [0.15, 0.2) is 0 Å². The Morgan fingerprint density at radius 1 is 1.22 bits per heavy atom. The minimum Gasteiger partial charge on any atom is -0.548 e. The van der Waals surface area contributed by atoms with Crippen LogP contribution < -0.4 is 49.5 Å². The number of carbonyl (C=O) groups is 3. The first-order valence-electron chi connectivity index (χ1n) is 7.95. The first-order chi connectivity index (χ1) is 12.2. The number of carboxylic acid groups (broad SMARTS) is 1. The van der Waals surface area contributed by atoms with Gasteiger partial charge in [0.2, 0.25) is 5.91 Å². The molecular formula is C17H19N2NaO6S. The van der Waals surface area contributed by atoms with Crippen LogP contribution in [0.15, 0.2) is 18.2 Å². The molecule has 0 bridgehead atoms. The second kappa shape index (κ2) is 7.90. The van der Waals surface area contributed by atoms with Gasteiger partial charge in [0.25, 0.3) is 5.91 Å². The van der Waals surface area contributed by atoms with E-state index < -0.39 is 40.0 Å². The Balaban J connectivity index is 0.00000261. The van der Waals surface area contributed by atoms with Gasteiger partial charge in [-0.25, -0.2) is 0 Å². The van der Waals surface area contributed by atoms with E-state index in [2.05, 4.69) is 5.32 Å². The molecule has 2 aliphatic heterocycles. The molecule has 10 heteroatoms. The number of fused-ring (bicyclic) bond motifs is 1. The zero-order valence-electron chi connectivity index (χ0n) is 15.8. The third kappa shape index (κ3) is 3.53. The molecule has 2 heterocycles. The molecule has 0 spiro atoms. The van der Waals surface area contributed by atoms with Crippen molar-refractivity contribution in [2.45, 2.75) is 36.1 Å². The summed E-state index contributed by atoms with van der Waals surface area (Å²) in [5, 5.41) is 13.7. The topological polar surface area (TPSA) is 108 Å². The van der Waals surface area contributed by atoms with Gasteiger partial charge in [-0.1, -0.05) is 6.07 Å². The number of hydrogen-bond donors (Lipinski definition) is 1. The van der Waals surface area contributed by atoms with Gasteiger partial charge in [0.05, 0.1) is 26.2 Å². The van der Waals surface area contributed by atoms with Gasteiger partial charge >= 0.3 is 29.6 Å². The van der Waals surface area contributed by atoms with Gasteiger partial charge in [0, 0.05) is 4.75 Å². The van der Waals surface area contributed by atoms with E-state index in [1.807, 2.05) is 0 Å². The molecule has 3 atom stereocenters. The Kier molecular flexibility index (Phi) is 6.40. The number of carbonyl (C=O) groups excluding carboxylic acids is 3. The molecule has 0 radical (unpaired) electrons. The molecule has 1 aromatic rings. The van der Waals surface area contributed by atoms with Crippen LogP contribution in [0.5, 0.6) is 11.5 Å². The third-order valence-electron chi connectivity index (χ3n) is 4.61. The van der Waals surface area contributed by atoms with Gasteiger partial charge in [-0.05, 0) is 26.0 Å². The normalized spacial score (nSPS) is 25.0. The van der Waals surface area contributed by atoms with Gasteiger partial charge in [0.1, 0.15) is 28.5 Å². The molecule has 0 aliphatic carbocycles. The second-order valence-corrected chi connectivity index (χ2v) is 8.34. The molecule has 140 valence electrons. The van der Waals surface area contributed by atoms with Crippen LogP contribution in [0, 0.1) is 0 Å². The molecule has 2 aliphatic rings. The number of carboxylic acids is 1. The van der Waals surface area contributed by atoms with E-state index in [1.165, 1.54) is 30.9 Å². The van der Waals surface area contributed by atoms with Gasteiger partial charge in [-0.3, -0.25) is 9.59 Å². The minimum atomic E-state index is -1.30. The Bertz CT molecular complexity index is 764. The fourth-order valence-corrected chi connectivity index (χ4v) is 5.04. The summed E-state index contributed by atoms with van der Waals surface area (Å²) < 4.78 is 9.71. The predicted molar refractivity (Wildman–Crippen MR) is 91.9 cm³/mol. The monoisotopic (exact) mass is 402 g/mol. The number of hydrogen-bond acceptors (Lipinski definition) is 7. The van der Waals surface area contributed by atoms with Crippen molar-refractivity contribution < 1.29 is 58.5 Å². The molecule has 0 saturated carbocycles. The Morgan fingerprint density at radius 2 is 1.78 bits per heavy atom. The Labute approximate surface area is 183 Å². The maximum absolute atomic E-state index is 12.7. The number of methoxy groups -OCH3 is 2. The maximum Gasteiger partial charge on any atom is 1.00 e. The van der Waals surface area contributed by atoms with E-state index in [-0.39, 0.29) is 35.1 Å². The van der Waals surface area contributed by atoms with Crippen molar-refractivity contribution in [3.05, 3.63) is 23.8 Å². The molecule has 8 nitrogen and oxygen atoms in total. The van der Waals surface area contributed by atoms with Crippen molar-refractivity contribution in [1.29, 1.82) is 0 Å². The molecule has 2 amide bonds. The molecule has 27 heavy (non-hydrogen) atoms. The van der Waals surface area contributed by atoms with Crippen molar-refractivity contribution in [1.82, 2.24) is 10.2 Å². The fraction of sp³-hybridized carbons (Fsp3) is 0.471. The van der Waals surface area contributed by atoms with E-state index in [4.69, 9.17) is 9.47 Å². The van der Waals surface area contributed by atoms with Crippen molar-refractivity contribution in [2.75, 3.05) is 14.2 Å². The largest absolute Gasteiger partial charge is 1.00 e. The number of β-lactam (4-membered cyclic amide) rings is 1. The van der Waals surface area contributed by atoms with Crippen LogP contribution in [0.25, 0.3) is 0 Å². The molecule has 1 N–H and O–H groups in total. The van der Waals surface area contributed by atoms with Crippen LogP contribution in [0.4, 0.5) is 0 Å². The summed E-state index contributed by atoms with van der Waals surface area (Å²) in [6.07, 6.45) is 0. The summed E-state index contributed by atoms with van der Waals surface area (Å²) in [6.45, 7) is 3.48. The van der Waals surface area contributed by atoms with E-state index in [0.29, 0.717) is 11.5 Å². The Hall–Kier alpha value is -1.42. The zero-order valence-corrected chi connectivity index (χ0v) is 18.6. The fourth-order valence-electron chi connectivity index (χ4n) is 3.41. The minimum absolute atomic E-state index is 0. The zero-order chi connectivity index (χ0) is 19.2.